The SMILES string of the molecule is CC(C)CNCC(C)CN1CCSCC1S(C)(=O)=O. The molecule has 0 amide bonds. The van der Waals surface area contributed by atoms with Crippen molar-refractivity contribution in [2.75, 3.05) is 43.9 Å². The molecule has 2 unspecified atom stereocenters. The number of rotatable bonds is 7. The van der Waals surface area contributed by atoms with Gasteiger partial charge in [-0.3, -0.25) is 4.90 Å². The Kier molecular flexibility index (Phi) is 7.14. The zero-order chi connectivity index (χ0) is 14.5. The molecule has 1 rings (SSSR count). The highest BCUT2D eigenvalue weighted by Crippen LogP contribution is 2.21. The van der Waals surface area contributed by atoms with Crippen LogP contribution in [0.3, 0.4) is 0 Å². The summed E-state index contributed by atoms with van der Waals surface area (Å²) in [5.41, 5.74) is 0. The number of sulfone groups is 1. The molecule has 0 bridgehead atoms. The molecular formula is C13H28N2O2S2. The van der Waals surface area contributed by atoms with Crippen LogP contribution in [0.5, 0.6) is 0 Å². The van der Waals surface area contributed by atoms with Crippen LogP contribution in [-0.2, 0) is 9.84 Å². The summed E-state index contributed by atoms with van der Waals surface area (Å²) >= 11 is 1.75. The molecular weight excluding hydrogens is 280 g/mol. The molecule has 0 saturated carbocycles. The molecule has 1 aliphatic rings. The van der Waals surface area contributed by atoms with Crippen LogP contribution in [0.25, 0.3) is 0 Å². The molecule has 0 spiro atoms. The number of hydrogen-bond acceptors (Lipinski definition) is 5. The van der Waals surface area contributed by atoms with E-state index in [2.05, 4.69) is 31.0 Å². The highest BCUT2D eigenvalue weighted by molar-refractivity contribution is 8.00. The Labute approximate surface area is 122 Å². The summed E-state index contributed by atoms with van der Waals surface area (Å²) < 4.78 is 23.6. The number of nitrogens with one attached hydrogen (secondary N) is 1. The molecule has 4 nitrogen and oxygen atoms in total. The Morgan fingerprint density at radius 3 is 2.58 bits per heavy atom. The molecule has 1 N–H and O–H groups in total. The Hall–Kier alpha value is 0.220. The summed E-state index contributed by atoms with van der Waals surface area (Å²) in [4.78, 5) is 2.15. The van der Waals surface area contributed by atoms with Crippen LogP contribution in [-0.4, -0.2) is 62.6 Å². The number of nitrogens with zero attached hydrogens (tertiary/aromatic N) is 1. The van der Waals surface area contributed by atoms with Gasteiger partial charge < -0.3 is 5.32 Å². The van der Waals surface area contributed by atoms with Gasteiger partial charge in [0.15, 0.2) is 9.84 Å². The molecule has 19 heavy (non-hydrogen) atoms. The lowest BCUT2D eigenvalue weighted by atomic mass is 10.1. The fraction of sp³-hybridized carbons (Fsp3) is 1.00. The average molecular weight is 309 g/mol. The van der Waals surface area contributed by atoms with Gasteiger partial charge in [-0.15, -0.1) is 0 Å². The van der Waals surface area contributed by atoms with E-state index < -0.39 is 9.84 Å². The van der Waals surface area contributed by atoms with Crippen molar-refractivity contribution >= 4 is 21.6 Å². The lowest BCUT2D eigenvalue weighted by Crippen LogP contribution is -2.49. The lowest BCUT2D eigenvalue weighted by molar-refractivity contribution is 0.230. The molecule has 0 radical (unpaired) electrons. The van der Waals surface area contributed by atoms with Gasteiger partial charge in [0.25, 0.3) is 0 Å². The van der Waals surface area contributed by atoms with Gasteiger partial charge in [0.2, 0.25) is 0 Å². The van der Waals surface area contributed by atoms with Crippen molar-refractivity contribution in [3.8, 4) is 0 Å². The first-order valence-corrected chi connectivity index (χ1v) is 10.1. The molecule has 1 saturated heterocycles. The molecule has 2 atom stereocenters. The molecule has 6 heteroatoms. The summed E-state index contributed by atoms with van der Waals surface area (Å²) in [6.45, 7) is 10.3. The second-order valence-corrected chi connectivity index (χ2v) is 9.36. The van der Waals surface area contributed by atoms with E-state index in [0.717, 1.165) is 31.9 Å². The quantitative estimate of drug-likeness (QED) is 0.768. The van der Waals surface area contributed by atoms with Gasteiger partial charge in [0, 0.05) is 30.9 Å². The molecule has 114 valence electrons. The zero-order valence-corrected chi connectivity index (χ0v) is 14.2. The fourth-order valence-corrected chi connectivity index (χ4v) is 5.26. The van der Waals surface area contributed by atoms with Gasteiger partial charge >= 0.3 is 0 Å². The van der Waals surface area contributed by atoms with Crippen LogP contribution in [0, 0.1) is 11.8 Å². The van der Waals surface area contributed by atoms with Gasteiger partial charge in [-0.1, -0.05) is 20.8 Å². The Balaban J connectivity index is 2.44. The van der Waals surface area contributed by atoms with Crippen molar-refractivity contribution in [2.45, 2.75) is 26.1 Å². The van der Waals surface area contributed by atoms with E-state index in [4.69, 9.17) is 0 Å². The minimum atomic E-state index is -2.97. The van der Waals surface area contributed by atoms with Gasteiger partial charge in [-0.2, -0.15) is 11.8 Å². The van der Waals surface area contributed by atoms with Crippen molar-refractivity contribution in [3.05, 3.63) is 0 Å². The summed E-state index contributed by atoms with van der Waals surface area (Å²) in [6.07, 6.45) is 1.36. The van der Waals surface area contributed by atoms with Crippen molar-refractivity contribution in [1.29, 1.82) is 0 Å². The van der Waals surface area contributed by atoms with Gasteiger partial charge in [0.05, 0.1) is 0 Å². The standard InChI is InChI=1S/C13H28N2O2S2/c1-11(2)7-14-8-12(3)9-15-5-6-18-10-13(15)19(4,16)17/h11-14H,5-10H2,1-4H3. The predicted molar refractivity (Wildman–Crippen MR) is 84.4 cm³/mol. The summed E-state index contributed by atoms with van der Waals surface area (Å²) in [5, 5.41) is 3.15. The van der Waals surface area contributed by atoms with Crippen molar-refractivity contribution < 1.29 is 8.42 Å². The average Bonchev–Trinajstić information content (AvgIpc) is 2.27. The third-order valence-electron chi connectivity index (χ3n) is 3.28. The van der Waals surface area contributed by atoms with Crippen molar-refractivity contribution in [2.24, 2.45) is 11.8 Å². The molecule has 0 aromatic carbocycles. The topological polar surface area (TPSA) is 49.4 Å². The minimum Gasteiger partial charge on any atom is -0.316 e. The van der Waals surface area contributed by atoms with Gasteiger partial charge in [-0.05, 0) is 24.9 Å². The van der Waals surface area contributed by atoms with Gasteiger partial charge in [0.1, 0.15) is 5.37 Å². The summed E-state index contributed by atoms with van der Waals surface area (Å²) in [6, 6.07) is 0. The highest BCUT2D eigenvalue weighted by Gasteiger charge is 2.31. The maximum Gasteiger partial charge on any atom is 0.164 e. The number of thioether (sulfide) groups is 1. The second kappa shape index (κ2) is 7.86. The Morgan fingerprint density at radius 2 is 2.00 bits per heavy atom. The Bertz CT molecular complexity index is 358. The molecule has 0 aromatic heterocycles. The first-order valence-electron chi connectivity index (χ1n) is 7.02. The first-order chi connectivity index (χ1) is 8.80. The van der Waals surface area contributed by atoms with E-state index in [1.165, 1.54) is 6.26 Å². The summed E-state index contributed by atoms with van der Waals surface area (Å²) in [5.74, 6) is 2.89. The molecule has 1 fully saturated rings. The molecule has 1 aliphatic heterocycles. The van der Waals surface area contributed by atoms with E-state index in [-0.39, 0.29) is 5.37 Å². The summed E-state index contributed by atoms with van der Waals surface area (Å²) in [7, 11) is -2.97. The monoisotopic (exact) mass is 308 g/mol. The zero-order valence-electron chi connectivity index (χ0n) is 12.6. The van der Waals surface area contributed by atoms with Crippen LogP contribution in [0.4, 0.5) is 0 Å². The highest BCUT2D eigenvalue weighted by atomic mass is 32.2. The van der Waals surface area contributed by atoms with Gasteiger partial charge in [-0.25, -0.2) is 8.42 Å². The molecule has 0 aromatic rings. The van der Waals surface area contributed by atoms with Crippen LogP contribution < -0.4 is 5.32 Å². The van der Waals surface area contributed by atoms with Crippen LogP contribution in [0.15, 0.2) is 0 Å². The second-order valence-electron chi connectivity index (χ2n) is 6.01. The van der Waals surface area contributed by atoms with E-state index >= 15 is 0 Å². The van der Waals surface area contributed by atoms with Crippen molar-refractivity contribution in [1.82, 2.24) is 10.2 Å². The van der Waals surface area contributed by atoms with Crippen molar-refractivity contribution in [3.63, 3.8) is 0 Å². The minimum absolute atomic E-state index is 0.293. The van der Waals surface area contributed by atoms with E-state index in [1.807, 2.05) is 0 Å². The van der Waals surface area contributed by atoms with Crippen LogP contribution in [0.1, 0.15) is 20.8 Å². The van der Waals surface area contributed by atoms with Crippen LogP contribution in [0.2, 0.25) is 0 Å². The van der Waals surface area contributed by atoms with E-state index in [0.29, 0.717) is 17.6 Å². The maximum absolute atomic E-state index is 11.8. The molecule has 0 aliphatic carbocycles. The molecule has 1 heterocycles. The number of hydrogen-bond donors (Lipinski definition) is 1. The fourth-order valence-electron chi connectivity index (χ4n) is 2.30. The lowest BCUT2D eigenvalue weighted by Gasteiger charge is -2.35. The third kappa shape index (κ3) is 6.47. The smallest absolute Gasteiger partial charge is 0.164 e. The normalized spacial score (nSPS) is 23.7. The largest absolute Gasteiger partial charge is 0.316 e. The van der Waals surface area contributed by atoms with E-state index in [1.54, 1.807) is 11.8 Å². The van der Waals surface area contributed by atoms with E-state index in [9.17, 15) is 8.42 Å². The predicted octanol–water partition coefficient (Wildman–Crippen LogP) is 1.29. The first kappa shape index (κ1) is 17.3. The Morgan fingerprint density at radius 1 is 1.32 bits per heavy atom. The maximum atomic E-state index is 11.8. The van der Waals surface area contributed by atoms with Crippen LogP contribution >= 0.6 is 11.8 Å². The third-order valence-corrected chi connectivity index (χ3v) is 5.96.